The van der Waals surface area contributed by atoms with Gasteiger partial charge in [-0.3, -0.25) is 0 Å². The SMILES string of the molecule is CCOc1ccc(C(C)NC)cc1COCCCC(C)C. The Hall–Kier alpha value is -1.06. The second-order valence-electron chi connectivity index (χ2n) is 5.90. The fourth-order valence-electron chi connectivity index (χ4n) is 2.22. The van der Waals surface area contributed by atoms with Crippen molar-refractivity contribution in [1.82, 2.24) is 5.32 Å². The Morgan fingerprint density at radius 3 is 2.57 bits per heavy atom. The molecule has 0 bridgehead atoms. The molecule has 0 radical (unpaired) electrons. The summed E-state index contributed by atoms with van der Waals surface area (Å²) < 4.78 is 11.5. The number of hydrogen-bond acceptors (Lipinski definition) is 3. The average molecular weight is 293 g/mol. The number of rotatable bonds is 10. The average Bonchev–Trinajstić information content (AvgIpc) is 2.47. The minimum Gasteiger partial charge on any atom is -0.494 e. The molecule has 0 heterocycles. The Balaban J connectivity index is 2.63. The molecule has 0 amide bonds. The molecule has 0 aliphatic heterocycles. The molecule has 3 heteroatoms. The Morgan fingerprint density at radius 1 is 1.19 bits per heavy atom. The van der Waals surface area contributed by atoms with Gasteiger partial charge in [0.25, 0.3) is 0 Å². The van der Waals surface area contributed by atoms with E-state index in [4.69, 9.17) is 9.47 Å². The van der Waals surface area contributed by atoms with E-state index < -0.39 is 0 Å². The molecule has 0 saturated carbocycles. The summed E-state index contributed by atoms with van der Waals surface area (Å²) in [6, 6.07) is 6.70. The van der Waals surface area contributed by atoms with Crippen LogP contribution in [0, 0.1) is 5.92 Å². The molecule has 0 saturated heterocycles. The Kier molecular flexibility index (Phi) is 8.40. The van der Waals surface area contributed by atoms with Crippen LogP contribution in [0.5, 0.6) is 5.75 Å². The van der Waals surface area contributed by atoms with Crippen LogP contribution in [0.1, 0.15) is 57.7 Å². The van der Waals surface area contributed by atoms with Gasteiger partial charge in [-0.15, -0.1) is 0 Å². The molecule has 1 aromatic carbocycles. The molecule has 1 aromatic rings. The normalized spacial score (nSPS) is 12.7. The maximum Gasteiger partial charge on any atom is 0.124 e. The molecule has 120 valence electrons. The second kappa shape index (κ2) is 9.80. The third-order valence-electron chi connectivity index (χ3n) is 3.65. The van der Waals surface area contributed by atoms with Crippen molar-refractivity contribution >= 4 is 0 Å². The summed E-state index contributed by atoms with van der Waals surface area (Å²) in [5.74, 6) is 1.68. The van der Waals surface area contributed by atoms with Crippen molar-refractivity contribution in [1.29, 1.82) is 0 Å². The first-order valence-electron chi connectivity index (χ1n) is 8.09. The van der Waals surface area contributed by atoms with E-state index in [2.05, 4.69) is 44.3 Å². The lowest BCUT2D eigenvalue weighted by atomic mass is 10.0. The number of hydrogen-bond donors (Lipinski definition) is 1. The van der Waals surface area contributed by atoms with E-state index >= 15 is 0 Å². The van der Waals surface area contributed by atoms with Crippen LogP contribution in [0.2, 0.25) is 0 Å². The quantitative estimate of drug-likeness (QED) is 0.652. The molecule has 3 nitrogen and oxygen atoms in total. The van der Waals surface area contributed by atoms with E-state index in [0.29, 0.717) is 19.3 Å². The Morgan fingerprint density at radius 2 is 1.95 bits per heavy atom. The standard InChI is InChI=1S/C18H31NO2/c1-6-21-18-10-9-16(15(4)19-5)12-17(18)13-20-11-7-8-14(2)3/h9-10,12,14-15,19H,6-8,11,13H2,1-5H3. The van der Waals surface area contributed by atoms with Gasteiger partial charge < -0.3 is 14.8 Å². The monoisotopic (exact) mass is 293 g/mol. The van der Waals surface area contributed by atoms with Crippen LogP contribution in [-0.2, 0) is 11.3 Å². The van der Waals surface area contributed by atoms with Crippen molar-refractivity contribution in [3.8, 4) is 5.75 Å². The van der Waals surface area contributed by atoms with Gasteiger partial charge in [-0.25, -0.2) is 0 Å². The van der Waals surface area contributed by atoms with Crippen LogP contribution in [-0.4, -0.2) is 20.3 Å². The highest BCUT2D eigenvalue weighted by atomic mass is 16.5. The summed E-state index contributed by atoms with van der Waals surface area (Å²) in [4.78, 5) is 0. The fourth-order valence-corrected chi connectivity index (χ4v) is 2.22. The van der Waals surface area contributed by atoms with Crippen LogP contribution in [0.15, 0.2) is 18.2 Å². The zero-order valence-corrected chi connectivity index (χ0v) is 14.2. The van der Waals surface area contributed by atoms with E-state index in [1.165, 1.54) is 12.0 Å². The molecular weight excluding hydrogens is 262 g/mol. The largest absolute Gasteiger partial charge is 0.494 e. The van der Waals surface area contributed by atoms with Crippen LogP contribution >= 0.6 is 0 Å². The molecular formula is C18H31NO2. The molecule has 1 N–H and O–H groups in total. The van der Waals surface area contributed by atoms with Crippen LogP contribution in [0.3, 0.4) is 0 Å². The van der Waals surface area contributed by atoms with E-state index in [1.807, 2.05) is 14.0 Å². The summed E-state index contributed by atoms with van der Waals surface area (Å²) in [6.07, 6.45) is 2.34. The van der Waals surface area contributed by atoms with Crippen molar-refractivity contribution in [2.75, 3.05) is 20.3 Å². The third-order valence-corrected chi connectivity index (χ3v) is 3.65. The van der Waals surface area contributed by atoms with E-state index in [0.717, 1.165) is 30.3 Å². The van der Waals surface area contributed by atoms with Gasteiger partial charge in [0.2, 0.25) is 0 Å². The fraction of sp³-hybridized carbons (Fsp3) is 0.667. The van der Waals surface area contributed by atoms with Gasteiger partial charge in [0.15, 0.2) is 0 Å². The van der Waals surface area contributed by atoms with Gasteiger partial charge in [0, 0.05) is 18.2 Å². The Bertz CT molecular complexity index is 404. The zero-order chi connectivity index (χ0) is 15.7. The van der Waals surface area contributed by atoms with Gasteiger partial charge >= 0.3 is 0 Å². The van der Waals surface area contributed by atoms with Gasteiger partial charge in [-0.2, -0.15) is 0 Å². The lowest BCUT2D eigenvalue weighted by Crippen LogP contribution is -2.13. The van der Waals surface area contributed by atoms with Crippen LogP contribution < -0.4 is 10.1 Å². The molecule has 0 fully saturated rings. The van der Waals surface area contributed by atoms with E-state index in [-0.39, 0.29) is 0 Å². The molecule has 0 aliphatic rings. The van der Waals surface area contributed by atoms with Gasteiger partial charge in [0.05, 0.1) is 13.2 Å². The summed E-state index contributed by atoms with van der Waals surface area (Å²) in [6.45, 7) is 10.8. The predicted octanol–water partition coefficient (Wildman–Crippen LogP) is 4.32. The minimum absolute atomic E-state index is 0.334. The number of nitrogens with one attached hydrogen (secondary N) is 1. The third kappa shape index (κ3) is 6.49. The first-order valence-corrected chi connectivity index (χ1v) is 8.09. The van der Waals surface area contributed by atoms with Crippen LogP contribution in [0.25, 0.3) is 0 Å². The molecule has 1 atom stereocenters. The highest BCUT2D eigenvalue weighted by Gasteiger charge is 2.09. The number of ether oxygens (including phenoxy) is 2. The highest BCUT2D eigenvalue weighted by molar-refractivity contribution is 5.38. The highest BCUT2D eigenvalue weighted by Crippen LogP contribution is 2.24. The zero-order valence-electron chi connectivity index (χ0n) is 14.2. The summed E-state index contributed by atoms with van der Waals surface area (Å²) in [5.41, 5.74) is 2.41. The molecule has 0 spiro atoms. The first-order chi connectivity index (χ1) is 10.1. The minimum atomic E-state index is 0.334. The first kappa shape index (κ1) is 18.0. The van der Waals surface area contributed by atoms with Crippen molar-refractivity contribution in [3.63, 3.8) is 0 Å². The maximum absolute atomic E-state index is 5.83. The molecule has 0 aliphatic carbocycles. The molecule has 1 rings (SSSR count). The van der Waals surface area contributed by atoms with E-state index in [9.17, 15) is 0 Å². The summed E-state index contributed by atoms with van der Waals surface area (Å²) in [7, 11) is 1.98. The van der Waals surface area contributed by atoms with Crippen molar-refractivity contribution in [2.45, 2.75) is 53.2 Å². The van der Waals surface area contributed by atoms with Gasteiger partial charge in [0.1, 0.15) is 5.75 Å². The maximum atomic E-state index is 5.83. The van der Waals surface area contributed by atoms with Gasteiger partial charge in [-0.05, 0) is 57.4 Å². The van der Waals surface area contributed by atoms with Crippen LogP contribution in [0.4, 0.5) is 0 Å². The Labute approximate surface area is 130 Å². The smallest absolute Gasteiger partial charge is 0.124 e. The number of benzene rings is 1. The summed E-state index contributed by atoms with van der Waals surface area (Å²) >= 11 is 0. The topological polar surface area (TPSA) is 30.5 Å². The second-order valence-corrected chi connectivity index (χ2v) is 5.90. The molecule has 21 heavy (non-hydrogen) atoms. The molecule has 0 aromatic heterocycles. The van der Waals surface area contributed by atoms with Gasteiger partial charge in [-0.1, -0.05) is 19.9 Å². The predicted molar refractivity (Wildman–Crippen MR) is 88.8 cm³/mol. The van der Waals surface area contributed by atoms with Crippen molar-refractivity contribution in [2.24, 2.45) is 5.92 Å². The van der Waals surface area contributed by atoms with Crippen molar-refractivity contribution in [3.05, 3.63) is 29.3 Å². The lowest BCUT2D eigenvalue weighted by molar-refractivity contribution is 0.112. The summed E-state index contributed by atoms with van der Waals surface area (Å²) in [5, 5.41) is 3.27. The van der Waals surface area contributed by atoms with E-state index in [1.54, 1.807) is 0 Å². The molecule has 1 unspecified atom stereocenters. The van der Waals surface area contributed by atoms with Crippen molar-refractivity contribution < 1.29 is 9.47 Å². The lowest BCUT2D eigenvalue weighted by Gasteiger charge is -2.16.